The molecule has 0 unspecified atom stereocenters. The van der Waals surface area contributed by atoms with E-state index < -0.39 is 5.97 Å². The second-order valence-corrected chi connectivity index (χ2v) is 8.44. The lowest BCUT2D eigenvalue weighted by molar-refractivity contribution is -0.136. The van der Waals surface area contributed by atoms with Gasteiger partial charge in [-0.3, -0.25) is 4.79 Å². The fraction of sp³-hybridized carbons (Fsp3) is 0.207. The van der Waals surface area contributed by atoms with Crippen LogP contribution < -0.4 is 10.1 Å². The molecule has 2 N–H and O–H groups in total. The van der Waals surface area contributed by atoms with Gasteiger partial charge >= 0.3 is 5.97 Å². The molecule has 0 radical (unpaired) electrons. The van der Waals surface area contributed by atoms with Crippen LogP contribution in [0.2, 0.25) is 0 Å². The lowest BCUT2D eigenvalue weighted by Gasteiger charge is -2.17. The number of aryl methyl sites for hydroxylation is 1. The number of aliphatic carboxylic acids is 1. The van der Waals surface area contributed by atoms with E-state index in [1.54, 1.807) is 19.2 Å². The molecule has 0 amide bonds. The maximum atomic E-state index is 14.3. The molecule has 0 bridgehead atoms. The molecule has 4 aromatic rings. The van der Waals surface area contributed by atoms with Gasteiger partial charge < -0.3 is 15.2 Å². The fourth-order valence-corrected chi connectivity index (χ4v) is 4.19. The molecule has 0 fully saturated rings. The number of fused-ring (bicyclic) bond motifs is 1. The van der Waals surface area contributed by atoms with Crippen LogP contribution in [0.3, 0.4) is 0 Å². The smallest absolute Gasteiger partial charge is 0.303 e. The summed E-state index contributed by atoms with van der Waals surface area (Å²) < 4.78 is 19.7. The van der Waals surface area contributed by atoms with Crippen molar-refractivity contribution in [1.29, 1.82) is 0 Å². The van der Waals surface area contributed by atoms with Crippen molar-refractivity contribution < 1.29 is 19.0 Å². The minimum absolute atomic E-state index is 0.104. The lowest BCUT2D eigenvalue weighted by Crippen LogP contribution is -2.18. The second-order valence-electron chi connectivity index (χ2n) is 8.44. The molecule has 0 saturated heterocycles. The van der Waals surface area contributed by atoms with Crippen LogP contribution in [0.25, 0.3) is 21.9 Å². The molecule has 34 heavy (non-hydrogen) atoms. The Hall–Kier alpha value is -3.70. The number of nitrogens with one attached hydrogen (secondary N) is 1. The molecule has 0 aliphatic carbocycles. The van der Waals surface area contributed by atoms with Crippen molar-refractivity contribution >= 4 is 16.7 Å². The highest BCUT2D eigenvalue weighted by atomic mass is 19.1. The molecular formula is C29H28FNO3. The first-order chi connectivity index (χ1) is 16.4. The average Bonchev–Trinajstić information content (AvgIpc) is 2.86. The Morgan fingerprint density at radius 1 is 1.03 bits per heavy atom. The number of ether oxygens (including phenoxy) is 1. The van der Waals surface area contributed by atoms with E-state index in [4.69, 9.17) is 9.84 Å². The predicted molar refractivity (Wildman–Crippen MR) is 134 cm³/mol. The largest absolute Gasteiger partial charge is 0.497 e. The summed E-state index contributed by atoms with van der Waals surface area (Å²) in [5.74, 6) is -0.484. The summed E-state index contributed by atoms with van der Waals surface area (Å²) in [7, 11) is 1.66. The van der Waals surface area contributed by atoms with E-state index in [1.807, 2.05) is 30.3 Å². The number of methoxy groups -OCH3 is 1. The summed E-state index contributed by atoms with van der Waals surface area (Å²) in [5, 5.41) is 14.8. The molecule has 4 rings (SSSR count). The lowest BCUT2D eigenvalue weighted by atomic mass is 9.93. The van der Waals surface area contributed by atoms with Crippen LogP contribution in [0.5, 0.6) is 5.75 Å². The zero-order chi connectivity index (χ0) is 24.1. The number of rotatable bonds is 9. The summed E-state index contributed by atoms with van der Waals surface area (Å²) in [4.78, 5) is 11.0. The van der Waals surface area contributed by atoms with Crippen molar-refractivity contribution in [3.63, 3.8) is 0 Å². The van der Waals surface area contributed by atoms with Gasteiger partial charge in [-0.25, -0.2) is 4.39 Å². The second kappa shape index (κ2) is 10.5. The van der Waals surface area contributed by atoms with Crippen molar-refractivity contribution in [2.75, 3.05) is 7.11 Å². The van der Waals surface area contributed by atoms with Crippen molar-refractivity contribution in [3.05, 3.63) is 101 Å². The third-order valence-corrected chi connectivity index (χ3v) is 6.09. The summed E-state index contributed by atoms with van der Waals surface area (Å²) in [6, 6.07) is 25.5. The van der Waals surface area contributed by atoms with Gasteiger partial charge in [0.1, 0.15) is 11.6 Å². The Balaban J connectivity index is 1.64. The van der Waals surface area contributed by atoms with E-state index in [2.05, 4.69) is 42.6 Å². The predicted octanol–water partition coefficient (Wildman–Crippen LogP) is 6.52. The molecule has 0 aliphatic rings. The van der Waals surface area contributed by atoms with Crippen molar-refractivity contribution in [2.24, 2.45) is 0 Å². The summed E-state index contributed by atoms with van der Waals surface area (Å²) in [6.45, 7) is 2.77. The molecule has 5 heteroatoms. The number of hydrogen-bond donors (Lipinski definition) is 2. The van der Waals surface area contributed by atoms with Gasteiger partial charge in [0.25, 0.3) is 0 Å². The first-order valence-corrected chi connectivity index (χ1v) is 11.3. The Morgan fingerprint density at radius 2 is 1.85 bits per heavy atom. The van der Waals surface area contributed by atoms with Crippen molar-refractivity contribution in [3.8, 4) is 16.9 Å². The van der Waals surface area contributed by atoms with E-state index >= 15 is 0 Å². The van der Waals surface area contributed by atoms with Gasteiger partial charge in [0.15, 0.2) is 0 Å². The number of carboxylic acid groups (broad SMARTS) is 1. The van der Waals surface area contributed by atoms with Gasteiger partial charge in [-0.1, -0.05) is 42.5 Å². The number of hydrogen-bond acceptors (Lipinski definition) is 3. The third-order valence-electron chi connectivity index (χ3n) is 6.09. The summed E-state index contributed by atoms with van der Waals surface area (Å²) >= 11 is 0. The monoisotopic (exact) mass is 457 g/mol. The third kappa shape index (κ3) is 5.43. The molecule has 4 nitrogen and oxygen atoms in total. The van der Waals surface area contributed by atoms with Crippen molar-refractivity contribution in [1.82, 2.24) is 5.32 Å². The van der Waals surface area contributed by atoms with E-state index in [0.29, 0.717) is 12.1 Å². The standard InChI is InChI=1S/C29H28FNO3/c1-19(21-7-5-8-25(17-21)34-2)31-18-20-14-22-6-3-4-9-26(22)27(15-20)23-10-12-28(30)24(16-23)11-13-29(32)33/h3-10,12,14-17,19,31H,11,13,18H2,1-2H3,(H,32,33)/t19-/m1/s1. The highest BCUT2D eigenvalue weighted by Crippen LogP contribution is 2.32. The van der Waals surface area contributed by atoms with Gasteiger partial charge in [-0.05, 0) is 88.3 Å². The van der Waals surface area contributed by atoms with Gasteiger partial charge in [0.05, 0.1) is 7.11 Å². The molecule has 0 aliphatic heterocycles. The fourth-order valence-electron chi connectivity index (χ4n) is 4.19. The number of halogens is 1. The molecule has 174 valence electrons. The number of carbonyl (C=O) groups is 1. The maximum Gasteiger partial charge on any atom is 0.303 e. The Morgan fingerprint density at radius 3 is 2.65 bits per heavy atom. The SMILES string of the molecule is COc1cccc([C@@H](C)NCc2cc(-c3ccc(F)c(CCC(=O)O)c3)c3ccccc3c2)c1. The van der Waals surface area contributed by atoms with Crippen LogP contribution in [0.15, 0.2) is 78.9 Å². The Labute approximate surface area is 199 Å². The van der Waals surface area contributed by atoms with Crippen LogP contribution in [-0.4, -0.2) is 18.2 Å². The molecule has 0 aromatic heterocycles. The van der Waals surface area contributed by atoms with Gasteiger partial charge in [-0.15, -0.1) is 0 Å². The van der Waals surface area contributed by atoms with E-state index in [0.717, 1.165) is 38.8 Å². The molecule has 0 spiro atoms. The molecule has 4 aromatic carbocycles. The molecule has 1 atom stereocenters. The maximum absolute atomic E-state index is 14.3. The Kier molecular flexibility index (Phi) is 7.24. The minimum atomic E-state index is -0.937. The topological polar surface area (TPSA) is 58.6 Å². The van der Waals surface area contributed by atoms with Crippen LogP contribution in [0.4, 0.5) is 4.39 Å². The molecule has 0 heterocycles. The van der Waals surface area contributed by atoms with Gasteiger partial charge in [0.2, 0.25) is 0 Å². The van der Waals surface area contributed by atoms with Gasteiger partial charge in [0, 0.05) is 19.0 Å². The first-order valence-electron chi connectivity index (χ1n) is 11.3. The molecule has 0 saturated carbocycles. The van der Waals surface area contributed by atoms with Crippen LogP contribution >= 0.6 is 0 Å². The van der Waals surface area contributed by atoms with E-state index in [1.165, 1.54) is 6.07 Å². The average molecular weight is 458 g/mol. The zero-order valence-electron chi connectivity index (χ0n) is 19.3. The first kappa shape index (κ1) is 23.5. The van der Waals surface area contributed by atoms with Crippen LogP contribution in [0, 0.1) is 5.82 Å². The normalized spacial score (nSPS) is 12.0. The zero-order valence-corrected chi connectivity index (χ0v) is 19.3. The van der Waals surface area contributed by atoms with Crippen molar-refractivity contribution in [2.45, 2.75) is 32.4 Å². The summed E-state index contributed by atoms with van der Waals surface area (Å²) in [6.07, 6.45) is 0.0550. The summed E-state index contributed by atoms with van der Waals surface area (Å²) in [5.41, 5.74) is 4.54. The Bertz CT molecular complexity index is 1320. The molecular weight excluding hydrogens is 429 g/mol. The minimum Gasteiger partial charge on any atom is -0.497 e. The highest BCUT2D eigenvalue weighted by molar-refractivity contribution is 5.97. The van der Waals surface area contributed by atoms with Crippen LogP contribution in [0.1, 0.15) is 36.1 Å². The number of benzene rings is 4. The quantitative estimate of drug-likeness (QED) is 0.300. The number of carboxylic acids is 1. The van der Waals surface area contributed by atoms with E-state index in [-0.39, 0.29) is 24.7 Å². The van der Waals surface area contributed by atoms with Crippen LogP contribution in [-0.2, 0) is 17.8 Å². The highest BCUT2D eigenvalue weighted by Gasteiger charge is 2.12. The van der Waals surface area contributed by atoms with E-state index in [9.17, 15) is 9.18 Å². The van der Waals surface area contributed by atoms with Gasteiger partial charge in [-0.2, -0.15) is 0 Å².